The first-order valence-corrected chi connectivity index (χ1v) is 9.50. The molecule has 1 fully saturated rings. The number of carbonyl (C=O) groups excluding carboxylic acids is 1. The number of thiophene rings is 1. The minimum absolute atomic E-state index is 0.108. The molecular weight excluding hydrogens is 308 g/mol. The van der Waals surface area contributed by atoms with Gasteiger partial charge in [0.05, 0.1) is 28.0 Å². The third kappa shape index (κ3) is 2.80. The van der Waals surface area contributed by atoms with E-state index in [0.717, 1.165) is 17.6 Å². The van der Waals surface area contributed by atoms with Crippen molar-refractivity contribution >= 4 is 27.5 Å². The van der Waals surface area contributed by atoms with Crippen molar-refractivity contribution in [1.29, 1.82) is 0 Å². The van der Waals surface area contributed by atoms with E-state index in [9.17, 15) is 13.2 Å². The second-order valence-electron chi connectivity index (χ2n) is 5.21. The highest BCUT2D eigenvalue weighted by Crippen LogP contribution is 2.31. The molecule has 2 aromatic rings. The maximum absolute atomic E-state index is 11.6. The molecule has 5 nitrogen and oxygen atoms in total. The van der Waals surface area contributed by atoms with E-state index in [1.54, 1.807) is 22.2 Å². The average molecular weight is 324 g/mol. The summed E-state index contributed by atoms with van der Waals surface area (Å²) in [5.41, 5.74) is 1.17. The van der Waals surface area contributed by atoms with E-state index >= 15 is 0 Å². The Hall–Kier alpha value is -1.47. The highest BCUT2D eigenvalue weighted by molar-refractivity contribution is 7.91. The van der Waals surface area contributed by atoms with Crippen LogP contribution in [0.2, 0.25) is 0 Å². The predicted octanol–water partition coefficient (Wildman–Crippen LogP) is 2.35. The number of hydrogen-bond acceptors (Lipinski definition) is 5. The number of aryl methyl sites for hydroxylation is 1. The van der Waals surface area contributed by atoms with Crippen LogP contribution in [0.15, 0.2) is 18.3 Å². The Labute approximate surface area is 127 Å². The maximum Gasteiger partial charge on any atom is 0.153 e. The molecule has 0 aromatic carbocycles. The van der Waals surface area contributed by atoms with Crippen molar-refractivity contribution in [2.24, 2.45) is 0 Å². The van der Waals surface area contributed by atoms with Gasteiger partial charge in [0.1, 0.15) is 5.69 Å². The maximum atomic E-state index is 11.6. The van der Waals surface area contributed by atoms with Gasteiger partial charge in [-0.2, -0.15) is 5.10 Å². The van der Waals surface area contributed by atoms with Crippen molar-refractivity contribution in [2.75, 3.05) is 11.5 Å². The van der Waals surface area contributed by atoms with Crippen LogP contribution in [0.25, 0.3) is 10.6 Å². The Balaban J connectivity index is 1.97. The molecule has 0 aliphatic carbocycles. The molecule has 3 heterocycles. The third-order valence-corrected chi connectivity index (χ3v) is 6.70. The number of sulfone groups is 1. The molecule has 0 amide bonds. The minimum Gasteiger partial charge on any atom is -0.298 e. The van der Waals surface area contributed by atoms with Crippen LogP contribution in [0.5, 0.6) is 0 Å². The fourth-order valence-corrected chi connectivity index (χ4v) is 5.21. The van der Waals surface area contributed by atoms with E-state index in [2.05, 4.69) is 12.0 Å². The lowest BCUT2D eigenvalue weighted by Gasteiger charge is -2.07. The number of aromatic nitrogens is 2. The van der Waals surface area contributed by atoms with E-state index in [0.29, 0.717) is 17.7 Å². The Bertz CT molecular complexity index is 774. The van der Waals surface area contributed by atoms with Crippen LogP contribution >= 0.6 is 11.3 Å². The first-order valence-electron chi connectivity index (χ1n) is 6.86. The minimum atomic E-state index is -2.96. The number of carbonyl (C=O) groups is 1. The van der Waals surface area contributed by atoms with Crippen LogP contribution in [0.3, 0.4) is 0 Å². The molecular formula is C14H16N2O3S2. The summed E-state index contributed by atoms with van der Waals surface area (Å²) in [5, 5.41) is 4.48. The fourth-order valence-electron chi connectivity index (χ4n) is 2.55. The van der Waals surface area contributed by atoms with Crippen molar-refractivity contribution in [3.05, 3.63) is 28.8 Å². The predicted molar refractivity (Wildman–Crippen MR) is 82.6 cm³/mol. The SMILES string of the molecule is CCc1ccc(-c2nn(C3CCS(=O)(=O)C3)cc2C=O)s1. The van der Waals surface area contributed by atoms with Gasteiger partial charge in [0, 0.05) is 11.1 Å². The molecule has 21 heavy (non-hydrogen) atoms. The molecule has 1 unspecified atom stereocenters. The topological polar surface area (TPSA) is 69.0 Å². The number of aldehydes is 1. The van der Waals surface area contributed by atoms with Gasteiger partial charge in [0.2, 0.25) is 0 Å². The van der Waals surface area contributed by atoms with E-state index < -0.39 is 9.84 Å². The van der Waals surface area contributed by atoms with Gasteiger partial charge in [0.15, 0.2) is 16.1 Å². The molecule has 1 saturated heterocycles. The molecule has 0 bridgehead atoms. The number of rotatable bonds is 4. The van der Waals surface area contributed by atoms with Gasteiger partial charge in [-0.3, -0.25) is 9.48 Å². The smallest absolute Gasteiger partial charge is 0.153 e. The van der Waals surface area contributed by atoms with E-state index in [1.165, 1.54) is 4.88 Å². The normalized spacial score (nSPS) is 20.7. The Morgan fingerprint density at radius 3 is 2.86 bits per heavy atom. The van der Waals surface area contributed by atoms with Gasteiger partial charge >= 0.3 is 0 Å². The Kier molecular flexibility index (Phi) is 3.71. The molecule has 112 valence electrons. The van der Waals surface area contributed by atoms with Crippen molar-refractivity contribution < 1.29 is 13.2 Å². The van der Waals surface area contributed by atoms with Gasteiger partial charge in [-0.05, 0) is 25.0 Å². The van der Waals surface area contributed by atoms with E-state index in [4.69, 9.17) is 0 Å². The van der Waals surface area contributed by atoms with E-state index in [1.807, 2.05) is 12.1 Å². The number of hydrogen-bond donors (Lipinski definition) is 0. The van der Waals surface area contributed by atoms with Crippen LogP contribution in [-0.4, -0.2) is 36.0 Å². The molecule has 3 rings (SSSR count). The summed E-state index contributed by atoms with van der Waals surface area (Å²) < 4.78 is 24.8. The molecule has 1 aliphatic heterocycles. The monoisotopic (exact) mass is 324 g/mol. The Morgan fingerprint density at radius 2 is 2.29 bits per heavy atom. The lowest BCUT2D eigenvalue weighted by atomic mass is 10.2. The molecule has 1 atom stereocenters. The van der Waals surface area contributed by atoms with Crippen LogP contribution in [0, 0.1) is 0 Å². The quantitative estimate of drug-likeness (QED) is 0.810. The third-order valence-electron chi connectivity index (χ3n) is 3.71. The molecule has 1 aliphatic rings. The van der Waals surface area contributed by atoms with Crippen molar-refractivity contribution in [2.45, 2.75) is 25.8 Å². The zero-order valence-corrected chi connectivity index (χ0v) is 13.3. The van der Waals surface area contributed by atoms with Crippen LogP contribution < -0.4 is 0 Å². The summed E-state index contributed by atoms with van der Waals surface area (Å²) in [7, 11) is -2.96. The summed E-state index contributed by atoms with van der Waals surface area (Å²) in [6, 6.07) is 3.84. The average Bonchev–Trinajstić information content (AvgIpc) is 3.14. The second kappa shape index (κ2) is 5.38. The summed E-state index contributed by atoms with van der Waals surface area (Å²) in [4.78, 5) is 13.5. The van der Waals surface area contributed by atoms with Crippen molar-refractivity contribution in [1.82, 2.24) is 9.78 Å². The molecule has 0 saturated carbocycles. The lowest BCUT2D eigenvalue weighted by molar-refractivity contribution is 0.112. The van der Waals surface area contributed by atoms with Gasteiger partial charge in [-0.1, -0.05) is 6.92 Å². The fraction of sp³-hybridized carbons (Fsp3) is 0.429. The molecule has 0 spiro atoms. The largest absolute Gasteiger partial charge is 0.298 e. The first-order chi connectivity index (χ1) is 10.0. The van der Waals surface area contributed by atoms with Crippen molar-refractivity contribution in [3.8, 4) is 10.6 Å². The molecule has 0 radical (unpaired) electrons. The molecule has 7 heteroatoms. The van der Waals surface area contributed by atoms with Crippen LogP contribution in [-0.2, 0) is 16.3 Å². The van der Waals surface area contributed by atoms with Gasteiger partial charge in [-0.15, -0.1) is 11.3 Å². The summed E-state index contributed by atoms with van der Waals surface area (Å²) in [6.45, 7) is 2.08. The Morgan fingerprint density at radius 1 is 1.48 bits per heavy atom. The van der Waals surface area contributed by atoms with Crippen LogP contribution in [0.1, 0.15) is 34.6 Å². The summed E-state index contributed by atoms with van der Waals surface area (Å²) >= 11 is 1.62. The lowest BCUT2D eigenvalue weighted by Crippen LogP contribution is -2.11. The first kappa shape index (κ1) is 14.5. The van der Waals surface area contributed by atoms with Gasteiger partial charge in [0.25, 0.3) is 0 Å². The highest BCUT2D eigenvalue weighted by atomic mass is 32.2. The van der Waals surface area contributed by atoms with E-state index in [-0.39, 0.29) is 17.5 Å². The van der Waals surface area contributed by atoms with Gasteiger partial charge in [-0.25, -0.2) is 8.42 Å². The summed E-state index contributed by atoms with van der Waals surface area (Å²) in [6.07, 6.45) is 3.96. The van der Waals surface area contributed by atoms with Crippen LogP contribution in [0.4, 0.5) is 0 Å². The second-order valence-corrected chi connectivity index (χ2v) is 8.60. The molecule has 2 aromatic heterocycles. The number of nitrogens with zero attached hydrogens (tertiary/aromatic N) is 2. The zero-order chi connectivity index (χ0) is 15.0. The van der Waals surface area contributed by atoms with Crippen molar-refractivity contribution in [3.63, 3.8) is 0 Å². The summed E-state index contributed by atoms with van der Waals surface area (Å²) in [5.74, 6) is 0.305. The molecule has 0 N–H and O–H groups in total. The zero-order valence-electron chi connectivity index (χ0n) is 11.7. The van der Waals surface area contributed by atoms with Gasteiger partial charge < -0.3 is 0 Å². The standard InChI is InChI=1S/C14H16N2O3S2/c1-2-12-3-4-13(20-12)14-10(8-17)7-16(15-14)11-5-6-21(18,19)9-11/h3-4,7-8,11H,2,5-6,9H2,1H3. The highest BCUT2D eigenvalue weighted by Gasteiger charge is 2.30.